The van der Waals surface area contributed by atoms with Crippen molar-refractivity contribution in [2.45, 2.75) is 38.0 Å². The number of hydrogen-bond donors (Lipinski definition) is 0. The van der Waals surface area contributed by atoms with Crippen molar-refractivity contribution in [3.8, 4) is 0 Å². The number of thiocarbonyl (C=S) groups is 2. The summed E-state index contributed by atoms with van der Waals surface area (Å²) >= 11 is 19.5. The van der Waals surface area contributed by atoms with Gasteiger partial charge >= 0.3 is 0 Å². The summed E-state index contributed by atoms with van der Waals surface area (Å²) in [5.41, 5.74) is 0. The van der Waals surface area contributed by atoms with Crippen LogP contribution in [0.3, 0.4) is 0 Å². The summed E-state index contributed by atoms with van der Waals surface area (Å²) in [5.74, 6) is 0. The Kier molecular flexibility index (Phi) is 9.60. The van der Waals surface area contributed by atoms with Crippen LogP contribution in [0.25, 0.3) is 0 Å². The molecule has 0 N–H and O–H groups in total. The molecular formula is C13H20ClN5S4. The Morgan fingerprint density at radius 1 is 0.826 bits per heavy atom. The molecule has 1 aromatic heterocycles. The van der Waals surface area contributed by atoms with Gasteiger partial charge < -0.3 is 9.80 Å². The summed E-state index contributed by atoms with van der Waals surface area (Å²) in [6.07, 6.45) is 0. The van der Waals surface area contributed by atoms with Crippen LogP contribution in [0.2, 0.25) is 5.28 Å². The second-order valence-electron chi connectivity index (χ2n) is 4.25. The molecule has 23 heavy (non-hydrogen) atoms. The molecule has 0 saturated carbocycles. The number of thioether (sulfide) groups is 2. The largest absolute Gasteiger partial charge is 0.358 e. The molecule has 1 heterocycles. The molecular weight excluding hydrogens is 390 g/mol. The highest BCUT2D eigenvalue weighted by Crippen LogP contribution is 2.24. The van der Waals surface area contributed by atoms with Crippen molar-refractivity contribution in [3.63, 3.8) is 0 Å². The average Bonchev–Trinajstić information content (AvgIpc) is 2.48. The maximum Gasteiger partial charge on any atom is 0.227 e. The predicted octanol–water partition coefficient (Wildman–Crippen LogP) is 3.96. The van der Waals surface area contributed by atoms with E-state index in [-0.39, 0.29) is 5.28 Å². The number of aromatic nitrogens is 3. The second kappa shape index (κ2) is 10.6. The van der Waals surface area contributed by atoms with Crippen molar-refractivity contribution in [1.29, 1.82) is 0 Å². The molecule has 0 amide bonds. The third kappa shape index (κ3) is 6.66. The van der Waals surface area contributed by atoms with Crippen LogP contribution in [-0.4, -0.2) is 59.6 Å². The number of rotatable bonds is 6. The van der Waals surface area contributed by atoms with Gasteiger partial charge in [-0.1, -0.05) is 24.4 Å². The highest BCUT2D eigenvalue weighted by Gasteiger charge is 2.15. The molecule has 0 aliphatic heterocycles. The lowest BCUT2D eigenvalue weighted by Gasteiger charge is -2.21. The number of nitrogens with zero attached hydrogens (tertiary/aromatic N) is 5. The van der Waals surface area contributed by atoms with E-state index >= 15 is 0 Å². The van der Waals surface area contributed by atoms with E-state index in [9.17, 15) is 0 Å². The van der Waals surface area contributed by atoms with Gasteiger partial charge in [0.1, 0.15) is 8.64 Å². The zero-order valence-electron chi connectivity index (χ0n) is 13.6. The lowest BCUT2D eigenvalue weighted by Crippen LogP contribution is -2.27. The Labute approximate surface area is 162 Å². The first-order valence-corrected chi connectivity index (χ1v) is 10.1. The fraction of sp³-hybridized carbons (Fsp3) is 0.615. The van der Waals surface area contributed by atoms with Crippen molar-refractivity contribution >= 4 is 68.2 Å². The Bertz CT molecular complexity index is 505. The van der Waals surface area contributed by atoms with Crippen LogP contribution in [0.4, 0.5) is 0 Å². The van der Waals surface area contributed by atoms with Crippen LogP contribution in [0, 0.1) is 0 Å². The van der Waals surface area contributed by atoms with Gasteiger partial charge in [-0.25, -0.2) is 0 Å². The summed E-state index contributed by atoms with van der Waals surface area (Å²) in [4.78, 5) is 16.8. The van der Waals surface area contributed by atoms with E-state index in [4.69, 9.17) is 36.0 Å². The van der Waals surface area contributed by atoms with Crippen LogP contribution in [-0.2, 0) is 0 Å². The highest BCUT2D eigenvalue weighted by atomic mass is 35.5. The first kappa shape index (κ1) is 20.8. The topological polar surface area (TPSA) is 45.2 Å². The van der Waals surface area contributed by atoms with E-state index in [1.165, 1.54) is 23.5 Å². The van der Waals surface area contributed by atoms with Crippen LogP contribution in [0.5, 0.6) is 0 Å². The van der Waals surface area contributed by atoms with E-state index in [1.807, 2.05) is 0 Å². The molecule has 0 atom stereocenters. The lowest BCUT2D eigenvalue weighted by molar-refractivity contribution is 0.482. The van der Waals surface area contributed by atoms with Crippen LogP contribution in [0.15, 0.2) is 10.3 Å². The van der Waals surface area contributed by atoms with Crippen molar-refractivity contribution in [2.24, 2.45) is 0 Å². The molecule has 1 rings (SSSR count). The number of hydrogen-bond acceptors (Lipinski definition) is 7. The lowest BCUT2D eigenvalue weighted by atomic mass is 10.6. The standard InChI is InChI=1S/C13H20ClN5S4/c1-5-18(6-2)12(20)22-10-15-9(14)16-11(17-10)23-13(21)19(7-3)8-4/h5-8H2,1-4H3. The molecule has 0 saturated heterocycles. The minimum atomic E-state index is 0.148. The summed E-state index contributed by atoms with van der Waals surface area (Å²) < 4.78 is 1.44. The Balaban J connectivity index is 2.87. The minimum Gasteiger partial charge on any atom is -0.358 e. The van der Waals surface area contributed by atoms with E-state index < -0.39 is 0 Å². The molecule has 5 nitrogen and oxygen atoms in total. The van der Waals surface area contributed by atoms with Crippen LogP contribution >= 0.6 is 59.6 Å². The maximum absolute atomic E-state index is 6.01. The summed E-state index contributed by atoms with van der Waals surface area (Å²) in [5, 5.41) is 1.13. The molecule has 0 aliphatic carbocycles. The van der Waals surface area contributed by atoms with E-state index in [0.717, 1.165) is 34.8 Å². The second-order valence-corrected chi connectivity index (χ2v) is 7.79. The predicted molar refractivity (Wildman–Crippen MR) is 108 cm³/mol. The summed E-state index contributed by atoms with van der Waals surface area (Å²) in [7, 11) is 0. The first-order chi connectivity index (χ1) is 10.9. The molecule has 10 heteroatoms. The Hall–Kier alpha value is -0.220. The van der Waals surface area contributed by atoms with Gasteiger partial charge in [-0.05, 0) is 62.8 Å². The van der Waals surface area contributed by atoms with Crippen LogP contribution < -0.4 is 0 Å². The van der Waals surface area contributed by atoms with Gasteiger partial charge in [-0.3, -0.25) is 0 Å². The van der Waals surface area contributed by atoms with E-state index in [1.54, 1.807) is 0 Å². The van der Waals surface area contributed by atoms with Crippen molar-refractivity contribution in [2.75, 3.05) is 26.2 Å². The molecule has 0 bridgehead atoms. The van der Waals surface area contributed by atoms with E-state index in [2.05, 4.69) is 52.4 Å². The van der Waals surface area contributed by atoms with Gasteiger partial charge in [-0.15, -0.1) is 0 Å². The Morgan fingerprint density at radius 3 is 1.48 bits per heavy atom. The zero-order chi connectivity index (χ0) is 17.4. The van der Waals surface area contributed by atoms with Crippen molar-refractivity contribution in [1.82, 2.24) is 24.8 Å². The number of halogens is 1. The molecule has 1 aromatic rings. The SMILES string of the molecule is CCN(CC)C(=S)Sc1nc(Cl)nc(SC(=S)N(CC)CC)n1. The van der Waals surface area contributed by atoms with Gasteiger partial charge in [0.2, 0.25) is 5.28 Å². The fourth-order valence-electron chi connectivity index (χ4n) is 1.65. The van der Waals surface area contributed by atoms with Gasteiger partial charge in [0.25, 0.3) is 0 Å². The average molecular weight is 410 g/mol. The Morgan fingerprint density at radius 2 is 1.17 bits per heavy atom. The molecule has 0 aromatic carbocycles. The molecule has 0 spiro atoms. The fourth-order valence-corrected chi connectivity index (χ4v) is 4.55. The molecule has 0 fully saturated rings. The molecule has 0 radical (unpaired) electrons. The third-order valence-corrected chi connectivity index (χ3v) is 5.75. The minimum absolute atomic E-state index is 0.148. The van der Waals surface area contributed by atoms with Gasteiger partial charge in [0, 0.05) is 26.2 Å². The molecule has 128 valence electrons. The van der Waals surface area contributed by atoms with Gasteiger partial charge in [0.05, 0.1) is 0 Å². The normalized spacial score (nSPS) is 10.5. The molecule has 0 unspecified atom stereocenters. The van der Waals surface area contributed by atoms with Gasteiger partial charge in [0.15, 0.2) is 10.3 Å². The summed E-state index contributed by atoms with van der Waals surface area (Å²) in [6, 6.07) is 0. The summed E-state index contributed by atoms with van der Waals surface area (Å²) in [6.45, 7) is 11.6. The maximum atomic E-state index is 6.01. The van der Waals surface area contributed by atoms with Crippen molar-refractivity contribution < 1.29 is 0 Å². The monoisotopic (exact) mass is 409 g/mol. The molecule has 0 aliphatic rings. The quantitative estimate of drug-likeness (QED) is 0.512. The van der Waals surface area contributed by atoms with Gasteiger partial charge in [-0.2, -0.15) is 15.0 Å². The first-order valence-electron chi connectivity index (χ1n) is 7.30. The van der Waals surface area contributed by atoms with Crippen LogP contribution in [0.1, 0.15) is 27.7 Å². The van der Waals surface area contributed by atoms with Crippen molar-refractivity contribution in [3.05, 3.63) is 5.28 Å². The third-order valence-electron chi connectivity index (χ3n) is 2.97. The highest BCUT2D eigenvalue weighted by molar-refractivity contribution is 8.23. The smallest absolute Gasteiger partial charge is 0.227 e. The zero-order valence-corrected chi connectivity index (χ0v) is 17.6. The van der Waals surface area contributed by atoms with E-state index in [0.29, 0.717) is 10.3 Å².